The maximum absolute atomic E-state index is 13.0. The lowest BCUT2D eigenvalue weighted by Gasteiger charge is -2.40. The average Bonchev–Trinajstić information content (AvgIpc) is 3.25. The van der Waals surface area contributed by atoms with Gasteiger partial charge in [0.1, 0.15) is 24.4 Å². The molecule has 0 radical (unpaired) electrons. The number of carbonyl (C=O) groups is 1. The minimum atomic E-state index is -1.57. The number of nitrogens with one attached hydrogen (secondary N) is 1. The summed E-state index contributed by atoms with van der Waals surface area (Å²) in [4.78, 5) is 13.0. The minimum absolute atomic E-state index is 0.183. The molecule has 1 heterocycles. The summed E-state index contributed by atoms with van der Waals surface area (Å²) in [5.41, 5.74) is 0. The van der Waals surface area contributed by atoms with Crippen molar-refractivity contribution < 1.29 is 39.8 Å². The van der Waals surface area contributed by atoms with Crippen LogP contribution in [-0.4, -0.2) is 87.5 Å². The molecule has 0 aromatic carbocycles. The van der Waals surface area contributed by atoms with Crippen molar-refractivity contribution in [2.45, 2.75) is 281 Å². The van der Waals surface area contributed by atoms with Gasteiger partial charge in [-0.3, -0.25) is 4.79 Å². The van der Waals surface area contributed by atoms with E-state index in [0.29, 0.717) is 6.42 Å². The number of aliphatic hydroxyl groups excluding tert-OH is 5. The second kappa shape index (κ2) is 41.7. The number of allylic oxidation sites excluding steroid dienone is 3. The summed E-state index contributed by atoms with van der Waals surface area (Å²) in [5, 5.41) is 54.3. The molecule has 7 atom stereocenters. The standard InChI is InChI=1S/C51H97NO8/c1-3-5-7-9-11-13-15-17-19-21-23-25-27-29-31-33-35-37-39-41-47(55)52-44(43-59-51-50(58)49(57)48(56)46(42-53)60-51)45(54)40-38-36-34-32-30-28-26-24-22-20-18-16-14-12-10-8-6-4-2/h30,32,38,40,44-46,48-51,53-54,56-58H,3-29,31,33-37,39,41-43H2,1-2H3,(H,52,55)/b32-30+,40-38+. The first-order chi connectivity index (χ1) is 29.3. The Morgan fingerprint density at radius 3 is 1.40 bits per heavy atom. The fourth-order valence-electron chi connectivity index (χ4n) is 8.17. The van der Waals surface area contributed by atoms with Gasteiger partial charge < -0.3 is 40.3 Å². The molecule has 9 nitrogen and oxygen atoms in total. The lowest BCUT2D eigenvalue weighted by atomic mass is 9.99. The molecule has 0 aromatic heterocycles. The zero-order valence-electron chi connectivity index (χ0n) is 39.0. The number of amides is 1. The second-order valence-electron chi connectivity index (χ2n) is 18.0. The smallest absolute Gasteiger partial charge is 0.220 e. The predicted octanol–water partition coefficient (Wildman–Crippen LogP) is 11.5. The minimum Gasteiger partial charge on any atom is -0.394 e. The Kier molecular flexibility index (Phi) is 39.4. The van der Waals surface area contributed by atoms with Gasteiger partial charge in [0.2, 0.25) is 5.91 Å². The Morgan fingerprint density at radius 2 is 0.950 bits per heavy atom. The van der Waals surface area contributed by atoms with Crippen molar-refractivity contribution in [2.75, 3.05) is 13.2 Å². The molecule has 1 aliphatic heterocycles. The SMILES string of the molecule is CCCCCCCCCCCCCC/C=C/CC/C=C/C(O)C(COC1OC(CO)C(O)C(O)C1O)NC(=O)CCCCCCCCCCCCCCCCCCCCC. The van der Waals surface area contributed by atoms with Gasteiger partial charge in [-0.1, -0.05) is 224 Å². The Morgan fingerprint density at radius 1 is 0.550 bits per heavy atom. The van der Waals surface area contributed by atoms with Gasteiger partial charge in [0.25, 0.3) is 0 Å². The molecule has 1 rings (SSSR count). The van der Waals surface area contributed by atoms with Crippen LogP contribution in [0.5, 0.6) is 0 Å². The predicted molar refractivity (Wildman–Crippen MR) is 249 cm³/mol. The molecule has 1 fully saturated rings. The maximum Gasteiger partial charge on any atom is 0.220 e. The van der Waals surface area contributed by atoms with E-state index < -0.39 is 49.5 Å². The highest BCUT2D eigenvalue weighted by Crippen LogP contribution is 2.23. The molecule has 0 saturated carbocycles. The number of ether oxygens (including phenoxy) is 2. The fourth-order valence-corrected chi connectivity index (χ4v) is 8.17. The number of hydrogen-bond acceptors (Lipinski definition) is 8. The number of carbonyl (C=O) groups excluding carboxylic acids is 1. The van der Waals surface area contributed by atoms with Gasteiger partial charge in [-0.15, -0.1) is 0 Å². The van der Waals surface area contributed by atoms with E-state index in [-0.39, 0.29) is 12.5 Å². The summed E-state index contributed by atoms with van der Waals surface area (Å²) < 4.78 is 11.2. The third-order valence-corrected chi connectivity index (χ3v) is 12.3. The van der Waals surface area contributed by atoms with Crippen molar-refractivity contribution in [3.63, 3.8) is 0 Å². The summed E-state index contributed by atoms with van der Waals surface area (Å²) in [6.07, 6.45) is 43.7. The van der Waals surface area contributed by atoms with Crippen LogP contribution in [0.3, 0.4) is 0 Å². The molecule has 1 saturated heterocycles. The van der Waals surface area contributed by atoms with Crippen molar-refractivity contribution in [1.29, 1.82) is 0 Å². The Bertz CT molecular complexity index is 992. The zero-order valence-corrected chi connectivity index (χ0v) is 39.0. The van der Waals surface area contributed by atoms with Crippen molar-refractivity contribution in [3.8, 4) is 0 Å². The second-order valence-corrected chi connectivity index (χ2v) is 18.0. The monoisotopic (exact) mass is 852 g/mol. The first kappa shape index (κ1) is 56.7. The normalized spacial score (nSPS) is 20.7. The van der Waals surface area contributed by atoms with E-state index in [0.717, 1.165) is 38.5 Å². The van der Waals surface area contributed by atoms with Crippen LogP contribution < -0.4 is 5.32 Å². The molecule has 0 aromatic rings. The number of hydrogen-bond donors (Lipinski definition) is 6. The van der Waals surface area contributed by atoms with Crippen LogP contribution >= 0.6 is 0 Å². The molecular weight excluding hydrogens is 755 g/mol. The zero-order chi connectivity index (χ0) is 43.7. The molecule has 1 amide bonds. The van der Waals surface area contributed by atoms with Crippen LogP contribution in [0.1, 0.15) is 239 Å². The maximum atomic E-state index is 13.0. The van der Waals surface area contributed by atoms with E-state index in [1.54, 1.807) is 6.08 Å². The molecule has 354 valence electrons. The summed E-state index contributed by atoms with van der Waals surface area (Å²) >= 11 is 0. The summed E-state index contributed by atoms with van der Waals surface area (Å²) in [6.45, 7) is 3.78. The topological polar surface area (TPSA) is 149 Å². The highest BCUT2D eigenvalue weighted by molar-refractivity contribution is 5.76. The molecule has 0 spiro atoms. The molecule has 9 heteroatoms. The van der Waals surface area contributed by atoms with Crippen LogP contribution in [0.15, 0.2) is 24.3 Å². The molecule has 1 aliphatic rings. The Hall–Kier alpha value is -1.33. The van der Waals surface area contributed by atoms with Gasteiger partial charge in [0.05, 0.1) is 25.4 Å². The molecule has 60 heavy (non-hydrogen) atoms. The van der Waals surface area contributed by atoms with Crippen LogP contribution in [0.25, 0.3) is 0 Å². The van der Waals surface area contributed by atoms with Crippen LogP contribution in [0.2, 0.25) is 0 Å². The number of rotatable bonds is 43. The van der Waals surface area contributed by atoms with E-state index in [4.69, 9.17) is 9.47 Å². The van der Waals surface area contributed by atoms with Gasteiger partial charge in [0.15, 0.2) is 6.29 Å². The third-order valence-electron chi connectivity index (χ3n) is 12.3. The first-order valence-electron chi connectivity index (χ1n) is 25.6. The average molecular weight is 852 g/mol. The van der Waals surface area contributed by atoms with Crippen LogP contribution in [0, 0.1) is 0 Å². The van der Waals surface area contributed by atoms with E-state index in [1.807, 2.05) is 6.08 Å². The first-order valence-corrected chi connectivity index (χ1v) is 25.6. The molecular formula is C51H97NO8. The fraction of sp³-hybridized carbons (Fsp3) is 0.902. The van der Waals surface area contributed by atoms with Crippen molar-refractivity contribution in [3.05, 3.63) is 24.3 Å². The van der Waals surface area contributed by atoms with Gasteiger partial charge in [0, 0.05) is 6.42 Å². The van der Waals surface area contributed by atoms with Crippen molar-refractivity contribution in [2.24, 2.45) is 0 Å². The number of unbranched alkanes of at least 4 members (excludes halogenated alkanes) is 31. The van der Waals surface area contributed by atoms with E-state index in [2.05, 4.69) is 31.3 Å². The van der Waals surface area contributed by atoms with Crippen molar-refractivity contribution >= 4 is 5.91 Å². The lowest BCUT2D eigenvalue weighted by Crippen LogP contribution is -2.60. The summed E-state index contributed by atoms with van der Waals surface area (Å²) in [6, 6.07) is -0.817. The largest absolute Gasteiger partial charge is 0.394 e. The molecule has 0 bridgehead atoms. The molecule has 0 aliphatic carbocycles. The van der Waals surface area contributed by atoms with Gasteiger partial charge in [-0.2, -0.15) is 0 Å². The quantitative estimate of drug-likeness (QED) is 0.0262. The molecule has 7 unspecified atom stereocenters. The summed E-state index contributed by atoms with van der Waals surface area (Å²) in [7, 11) is 0. The van der Waals surface area contributed by atoms with Gasteiger partial charge >= 0.3 is 0 Å². The van der Waals surface area contributed by atoms with Crippen molar-refractivity contribution in [1.82, 2.24) is 5.32 Å². The van der Waals surface area contributed by atoms with Crippen LogP contribution in [0.4, 0.5) is 0 Å². The number of aliphatic hydroxyl groups is 5. The van der Waals surface area contributed by atoms with E-state index in [9.17, 15) is 30.3 Å². The van der Waals surface area contributed by atoms with Gasteiger partial charge in [-0.25, -0.2) is 0 Å². The highest BCUT2D eigenvalue weighted by atomic mass is 16.7. The molecule has 6 N–H and O–H groups in total. The Balaban J connectivity index is 2.31. The van der Waals surface area contributed by atoms with E-state index >= 15 is 0 Å². The summed E-state index contributed by atoms with van der Waals surface area (Å²) in [5.74, 6) is -0.183. The van der Waals surface area contributed by atoms with Crippen LogP contribution in [-0.2, 0) is 14.3 Å². The highest BCUT2D eigenvalue weighted by Gasteiger charge is 2.44. The third kappa shape index (κ3) is 31.5. The van der Waals surface area contributed by atoms with E-state index in [1.165, 1.54) is 180 Å². The lowest BCUT2D eigenvalue weighted by molar-refractivity contribution is -0.302. The Labute approximate surface area is 369 Å². The van der Waals surface area contributed by atoms with Gasteiger partial charge in [-0.05, 0) is 32.1 Å².